The molecule has 0 atom stereocenters. The monoisotopic (exact) mass is 219 g/mol. The van der Waals surface area contributed by atoms with Crippen LogP contribution in [-0.2, 0) is 6.54 Å². The summed E-state index contributed by atoms with van der Waals surface area (Å²) in [5.74, 6) is 0. The number of aryl methyl sites for hydroxylation is 1. The van der Waals surface area contributed by atoms with Crippen molar-refractivity contribution in [1.82, 2.24) is 15.1 Å². The molecule has 0 amide bonds. The van der Waals surface area contributed by atoms with E-state index in [1.807, 2.05) is 10.9 Å². The van der Waals surface area contributed by atoms with Gasteiger partial charge in [-0.1, -0.05) is 12.5 Å². The minimum atomic E-state index is 0.783. The fourth-order valence-corrected chi connectivity index (χ4v) is 1.78. The molecule has 0 aromatic carbocycles. The van der Waals surface area contributed by atoms with Crippen molar-refractivity contribution < 1.29 is 0 Å². The minimum Gasteiger partial charge on any atom is -0.310 e. The molecule has 1 N–H and O–H groups in total. The van der Waals surface area contributed by atoms with Gasteiger partial charge in [0, 0.05) is 25.3 Å². The molecular weight excluding hydrogens is 198 g/mol. The van der Waals surface area contributed by atoms with Crippen molar-refractivity contribution in [1.29, 1.82) is 0 Å². The number of nitrogens with zero attached hydrogens (tertiary/aromatic N) is 2. The van der Waals surface area contributed by atoms with E-state index in [0.717, 1.165) is 25.6 Å². The highest BCUT2D eigenvalue weighted by molar-refractivity contribution is 5.49. The SMILES string of the molecule is CCC(=Cc1ccnn1CC)CNC1CC1. The van der Waals surface area contributed by atoms with E-state index in [4.69, 9.17) is 0 Å². The summed E-state index contributed by atoms with van der Waals surface area (Å²) in [6, 6.07) is 2.86. The van der Waals surface area contributed by atoms with E-state index >= 15 is 0 Å². The normalized spacial score (nSPS) is 16.8. The standard InChI is InChI=1S/C13H21N3/c1-3-11(10-14-12-5-6-12)9-13-7-8-15-16(13)4-2/h7-9,12,14H,3-6,10H2,1-2H3. The Bertz CT molecular complexity index is 361. The Morgan fingerprint density at radius 1 is 1.56 bits per heavy atom. The smallest absolute Gasteiger partial charge is 0.0609 e. The van der Waals surface area contributed by atoms with E-state index in [-0.39, 0.29) is 0 Å². The molecule has 16 heavy (non-hydrogen) atoms. The van der Waals surface area contributed by atoms with E-state index in [1.54, 1.807) is 0 Å². The third-order valence-electron chi connectivity index (χ3n) is 3.05. The molecule has 1 aliphatic carbocycles. The van der Waals surface area contributed by atoms with Gasteiger partial charge in [0.1, 0.15) is 0 Å². The molecule has 1 aromatic heterocycles. The summed E-state index contributed by atoms with van der Waals surface area (Å²) in [5.41, 5.74) is 2.68. The van der Waals surface area contributed by atoms with Crippen molar-refractivity contribution in [2.75, 3.05) is 6.54 Å². The molecule has 3 nitrogen and oxygen atoms in total. The predicted octanol–water partition coefficient (Wildman–Crippen LogP) is 2.45. The Morgan fingerprint density at radius 2 is 2.38 bits per heavy atom. The molecular formula is C13H21N3. The molecule has 1 aromatic rings. The molecule has 1 aliphatic rings. The zero-order valence-electron chi connectivity index (χ0n) is 10.2. The fourth-order valence-electron chi connectivity index (χ4n) is 1.78. The van der Waals surface area contributed by atoms with Gasteiger partial charge in [-0.05, 0) is 38.3 Å². The lowest BCUT2D eigenvalue weighted by molar-refractivity contribution is 0.652. The summed E-state index contributed by atoms with van der Waals surface area (Å²) in [6.45, 7) is 6.30. The highest BCUT2D eigenvalue weighted by Gasteiger charge is 2.20. The van der Waals surface area contributed by atoms with Crippen molar-refractivity contribution in [3.63, 3.8) is 0 Å². The molecule has 2 rings (SSSR count). The van der Waals surface area contributed by atoms with Crippen molar-refractivity contribution in [2.45, 2.75) is 45.7 Å². The Balaban J connectivity index is 2.00. The molecule has 3 heteroatoms. The highest BCUT2D eigenvalue weighted by Crippen LogP contribution is 2.19. The molecule has 1 saturated carbocycles. The Kier molecular flexibility index (Phi) is 3.78. The molecule has 0 aliphatic heterocycles. The summed E-state index contributed by atoms with van der Waals surface area (Å²) < 4.78 is 2.03. The molecule has 88 valence electrons. The fraction of sp³-hybridized carbons (Fsp3) is 0.615. The highest BCUT2D eigenvalue weighted by atomic mass is 15.3. The summed E-state index contributed by atoms with van der Waals surface area (Å²) in [6.07, 6.45) is 7.95. The van der Waals surface area contributed by atoms with E-state index in [2.05, 4.69) is 36.4 Å². The minimum absolute atomic E-state index is 0.783. The number of aromatic nitrogens is 2. The van der Waals surface area contributed by atoms with Crippen LogP contribution in [0.15, 0.2) is 17.8 Å². The number of hydrogen-bond acceptors (Lipinski definition) is 2. The zero-order valence-corrected chi connectivity index (χ0v) is 10.2. The second-order valence-corrected chi connectivity index (χ2v) is 4.38. The van der Waals surface area contributed by atoms with Crippen LogP contribution in [0.2, 0.25) is 0 Å². The van der Waals surface area contributed by atoms with Gasteiger partial charge in [0.05, 0.1) is 5.69 Å². The predicted molar refractivity (Wildman–Crippen MR) is 67.2 cm³/mol. The number of nitrogens with one attached hydrogen (secondary N) is 1. The van der Waals surface area contributed by atoms with Crippen molar-refractivity contribution in [3.8, 4) is 0 Å². The third kappa shape index (κ3) is 2.95. The number of rotatable bonds is 6. The second kappa shape index (κ2) is 5.30. The first kappa shape index (κ1) is 11.4. The van der Waals surface area contributed by atoms with Gasteiger partial charge in [0.25, 0.3) is 0 Å². The van der Waals surface area contributed by atoms with Gasteiger partial charge in [-0.15, -0.1) is 0 Å². The van der Waals surface area contributed by atoms with Crippen LogP contribution in [0.5, 0.6) is 0 Å². The van der Waals surface area contributed by atoms with Gasteiger partial charge in [-0.3, -0.25) is 4.68 Å². The number of hydrogen-bond donors (Lipinski definition) is 1. The van der Waals surface area contributed by atoms with Crippen LogP contribution < -0.4 is 5.32 Å². The Morgan fingerprint density at radius 3 is 3.00 bits per heavy atom. The molecule has 0 bridgehead atoms. The van der Waals surface area contributed by atoms with E-state index in [9.17, 15) is 0 Å². The summed E-state index contributed by atoms with van der Waals surface area (Å²) in [5, 5.41) is 7.84. The van der Waals surface area contributed by atoms with Crippen LogP contribution in [0.3, 0.4) is 0 Å². The van der Waals surface area contributed by atoms with Crippen molar-refractivity contribution >= 4 is 6.08 Å². The lowest BCUT2D eigenvalue weighted by Crippen LogP contribution is -2.19. The maximum absolute atomic E-state index is 4.28. The average Bonchev–Trinajstić information content (AvgIpc) is 3.03. The lowest BCUT2D eigenvalue weighted by Gasteiger charge is -2.07. The van der Waals surface area contributed by atoms with Crippen LogP contribution in [-0.4, -0.2) is 22.4 Å². The third-order valence-corrected chi connectivity index (χ3v) is 3.05. The molecule has 0 spiro atoms. The zero-order chi connectivity index (χ0) is 11.4. The van der Waals surface area contributed by atoms with E-state index in [0.29, 0.717) is 0 Å². The van der Waals surface area contributed by atoms with Gasteiger partial charge in [0.2, 0.25) is 0 Å². The van der Waals surface area contributed by atoms with Crippen LogP contribution in [0.25, 0.3) is 6.08 Å². The molecule has 0 radical (unpaired) electrons. The van der Waals surface area contributed by atoms with Gasteiger partial charge in [-0.25, -0.2) is 0 Å². The van der Waals surface area contributed by atoms with E-state index < -0.39 is 0 Å². The average molecular weight is 219 g/mol. The van der Waals surface area contributed by atoms with Gasteiger partial charge < -0.3 is 5.32 Å². The lowest BCUT2D eigenvalue weighted by atomic mass is 10.1. The van der Waals surface area contributed by atoms with Crippen molar-refractivity contribution in [2.24, 2.45) is 0 Å². The van der Waals surface area contributed by atoms with Crippen LogP contribution >= 0.6 is 0 Å². The second-order valence-electron chi connectivity index (χ2n) is 4.38. The first-order valence-corrected chi connectivity index (χ1v) is 6.28. The van der Waals surface area contributed by atoms with E-state index in [1.165, 1.54) is 24.1 Å². The van der Waals surface area contributed by atoms with Gasteiger partial charge >= 0.3 is 0 Å². The van der Waals surface area contributed by atoms with Crippen LogP contribution in [0, 0.1) is 0 Å². The maximum atomic E-state index is 4.28. The van der Waals surface area contributed by atoms with Crippen LogP contribution in [0.4, 0.5) is 0 Å². The summed E-state index contributed by atoms with van der Waals surface area (Å²) in [4.78, 5) is 0. The van der Waals surface area contributed by atoms with Crippen LogP contribution in [0.1, 0.15) is 38.8 Å². The van der Waals surface area contributed by atoms with Crippen molar-refractivity contribution in [3.05, 3.63) is 23.5 Å². The largest absolute Gasteiger partial charge is 0.310 e. The Labute approximate surface area is 97.5 Å². The quantitative estimate of drug-likeness (QED) is 0.796. The molecule has 0 unspecified atom stereocenters. The first-order chi connectivity index (χ1) is 7.83. The molecule has 1 fully saturated rings. The summed E-state index contributed by atoms with van der Waals surface area (Å²) in [7, 11) is 0. The summed E-state index contributed by atoms with van der Waals surface area (Å²) >= 11 is 0. The molecule has 1 heterocycles. The Hall–Kier alpha value is -1.09. The van der Waals surface area contributed by atoms with Gasteiger partial charge in [-0.2, -0.15) is 5.10 Å². The maximum Gasteiger partial charge on any atom is 0.0609 e. The first-order valence-electron chi connectivity index (χ1n) is 6.28. The topological polar surface area (TPSA) is 29.9 Å². The van der Waals surface area contributed by atoms with Gasteiger partial charge in [0.15, 0.2) is 0 Å². The molecule has 0 saturated heterocycles.